The molecule has 24 heteroatoms. The van der Waals surface area contributed by atoms with Gasteiger partial charge in [-0.2, -0.15) is 0 Å². The van der Waals surface area contributed by atoms with Gasteiger partial charge in [-0.25, -0.2) is 4.98 Å². The number of nitrogens with zero attached hydrogens (tertiary/aromatic N) is 6. The zero-order valence-electron chi connectivity index (χ0n) is 51.9. The van der Waals surface area contributed by atoms with Crippen molar-refractivity contribution < 1.29 is 59.4 Å². The molecule has 0 spiro atoms. The second-order valence-electron chi connectivity index (χ2n) is 24.9. The summed E-state index contributed by atoms with van der Waals surface area (Å²) in [5.41, 5.74) is 8.10. The van der Waals surface area contributed by atoms with Gasteiger partial charge >= 0.3 is 122 Å². The van der Waals surface area contributed by atoms with Crippen LogP contribution in [0.2, 0.25) is 13.3 Å². The largest absolute Gasteiger partial charge is 0.507 e. The molecule has 2 fully saturated rings. The molecule has 0 radical (unpaired) electrons. The fraction of sp³-hybridized carbons (Fsp3) is 0.500. The van der Waals surface area contributed by atoms with Crippen LogP contribution in [0.5, 0.6) is 11.5 Å². The second kappa shape index (κ2) is 27.1. The molecule has 4 unspecified atom stereocenters. The van der Waals surface area contributed by atoms with E-state index >= 15 is 0 Å². The molecule has 88 heavy (non-hydrogen) atoms. The summed E-state index contributed by atoms with van der Waals surface area (Å²) >= 11 is 3.10. The van der Waals surface area contributed by atoms with Crippen LogP contribution in [-0.2, 0) is 41.6 Å². The van der Waals surface area contributed by atoms with Gasteiger partial charge in [0.1, 0.15) is 28.0 Å². The van der Waals surface area contributed by atoms with Crippen LogP contribution in [0.25, 0.3) is 22.1 Å². The number of anilines is 2. The van der Waals surface area contributed by atoms with Crippen LogP contribution < -0.4 is 24.3 Å². The first-order chi connectivity index (χ1) is 41.5. The van der Waals surface area contributed by atoms with Crippen LogP contribution in [0.1, 0.15) is 94.4 Å². The maximum atomic E-state index is 13.9. The van der Waals surface area contributed by atoms with Crippen molar-refractivity contribution in [1.82, 2.24) is 19.8 Å². The number of aromatic nitrogens is 2. The Morgan fingerprint density at radius 1 is 0.625 bits per heavy atom. The van der Waals surface area contributed by atoms with E-state index in [1.165, 1.54) is 62.0 Å². The number of benzene rings is 2. The van der Waals surface area contributed by atoms with E-state index in [0.717, 1.165) is 11.4 Å². The number of phenols is 2. The number of carbonyl (C=O) groups is 6. The molecule has 2 saturated carbocycles. The molecular formula is C64H83IN8O12S2Sn. The number of nitrogens with two attached hydrogens (primary N) is 2. The van der Waals surface area contributed by atoms with E-state index in [2.05, 4.69) is 31.1 Å². The zero-order valence-corrected chi connectivity index (χ0v) is 58.6. The third kappa shape index (κ3) is 12.0. The van der Waals surface area contributed by atoms with Crippen LogP contribution in [0.15, 0.2) is 69.7 Å². The van der Waals surface area contributed by atoms with E-state index < -0.39 is 123 Å². The maximum Gasteiger partial charge on any atom is 0.252 e. The Bertz CT molecular complexity index is 3520. The van der Waals surface area contributed by atoms with Crippen molar-refractivity contribution in [3.63, 3.8) is 0 Å². The number of halogens is 1. The van der Waals surface area contributed by atoms with Crippen LogP contribution in [-0.4, -0.2) is 183 Å². The third-order valence-corrected chi connectivity index (χ3v) is 39.0. The number of rotatable bonds is 17. The predicted molar refractivity (Wildman–Crippen MR) is 354 cm³/mol. The molecule has 0 bridgehead atoms. The number of aromatic hydroxyl groups is 2. The molecule has 0 aliphatic heterocycles. The summed E-state index contributed by atoms with van der Waals surface area (Å²) in [4.78, 5) is 94.4. The number of ketones is 4. The van der Waals surface area contributed by atoms with Crippen LogP contribution in [0, 0.1) is 27.2 Å². The molecule has 8 atom stereocenters. The Morgan fingerprint density at radius 2 is 1.03 bits per heavy atom. The number of likely N-dealkylation sites (N-methyl/N-ethyl adjacent to an activating group) is 2. The fourth-order valence-corrected chi connectivity index (χ4v) is 34.6. The van der Waals surface area contributed by atoms with Crippen LogP contribution in [0.3, 0.4) is 0 Å². The molecule has 20 nitrogen and oxygen atoms in total. The van der Waals surface area contributed by atoms with Crippen molar-refractivity contribution in [2.75, 3.05) is 66.2 Å². The van der Waals surface area contributed by atoms with E-state index in [0.29, 0.717) is 38.1 Å². The molecule has 2 aromatic heterocycles. The Kier molecular flexibility index (Phi) is 21.1. The molecule has 10 rings (SSSR count). The van der Waals surface area contributed by atoms with Crippen molar-refractivity contribution in [3.8, 4) is 22.1 Å². The Balaban J connectivity index is 0.000000181. The Morgan fingerprint density at radius 3 is 1.40 bits per heavy atom. The molecule has 6 aliphatic carbocycles. The van der Waals surface area contributed by atoms with Crippen molar-refractivity contribution in [2.45, 2.75) is 122 Å². The number of aliphatic hydroxyl groups excluding tert-OH is 2. The topological polar surface area (TPSA) is 315 Å². The van der Waals surface area contributed by atoms with Gasteiger partial charge in [0.2, 0.25) is 23.1 Å². The van der Waals surface area contributed by atoms with Gasteiger partial charge in [-0.05, 0) is 112 Å². The maximum absolute atomic E-state index is 13.9. The Hall–Kier alpha value is -5.55. The zero-order chi connectivity index (χ0) is 64.8. The van der Waals surface area contributed by atoms with Crippen LogP contribution in [0.4, 0.5) is 11.4 Å². The average Bonchev–Trinajstić information content (AvgIpc) is 1.26. The minimum absolute atomic E-state index is 0.0798. The van der Waals surface area contributed by atoms with Crippen molar-refractivity contribution in [2.24, 2.45) is 35.1 Å². The van der Waals surface area contributed by atoms with Gasteiger partial charge < -0.3 is 61.7 Å². The normalized spacial score (nSPS) is 24.6. The van der Waals surface area contributed by atoms with E-state index in [1.807, 2.05) is 84.2 Å². The quantitative estimate of drug-likeness (QED) is 0.0224. The summed E-state index contributed by atoms with van der Waals surface area (Å²) in [5, 5.41) is 72.5. The van der Waals surface area contributed by atoms with E-state index in [9.17, 15) is 59.4 Å². The molecule has 4 aromatic rings. The summed E-state index contributed by atoms with van der Waals surface area (Å²) in [7, 11) is 14.3. The van der Waals surface area contributed by atoms with Gasteiger partial charge in [0, 0.05) is 86.2 Å². The van der Waals surface area contributed by atoms with Crippen molar-refractivity contribution >= 4 is 125 Å². The first-order valence-corrected chi connectivity index (χ1v) is 40.3. The van der Waals surface area contributed by atoms with E-state index in [-0.39, 0.29) is 46.6 Å². The first-order valence-electron chi connectivity index (χ1n) is 29.9. The number of aliphatic hydroxyl groups is 4. The summed E-state index contributed by atoms with van der Waals surface area (Å²) in [5.74, 6) is -10.1. The number of carbonyl (C=O) groups excluding carboxylic acids is 6. The molecule has 10 N–H and O–H groups in total. The molecule has 2 amide bonds. The summed E-state index contributed by atoms with van der Waals surface area (Å²) < 4.78 is 6.72. The number of hydrogen-bond donors (Lipinski definition) is 8. The summed E-state index contributed by atoms with van der Waals surface area (Å²) in [6.45, 7) is 6.99. The number of Topliss-reactive ketones (excluding diaryl/α,β-unsaturated/α-hetero) is 4. The van der Waals surface area contributed by atoms with Gasteiger partial charge in [-0.1, -0.05) is 12.2 Å². The standard InChI is InChI=1S/C26H28N4O6S.C23H26IN3O6.3C4H9.C3H2NS.Sn/c1-29(2)16-9-13(25-28-5-6-37-25)20(31)19-12(16)7-11-8-15-17(30(3)4)10-14(24(27)35)22(33)26(15,36)23(34)18(11)21(19)32;1-26(2)14-8-13(24)18(28)17-10(14)5-9-6-12-15(27(3)4)7-11(22(25)32)20(30)23(12,33)21(31)16(9)19(17)29;3*1-3-4-2;1-2-5-3-4-1;/h5-6,9-11,15,17,31-32,36H,7-8H2,1-4H3,(H2,27,35);7-9,12,15,28-29,33H,5-6H2,1-4H3,(H2,25,32);3*1,3-4H2,2H3;1-2H;/t11?,15?,17-,26-;9?,12?,15-,23-;;;;;/m11...../s1. The first kappa shape index (κ1) is 68.4. The Labute approximate surface area is 540 Å². The van der Waals surface area contributed by atoms with Crippen molar-refractivity contribution in [1.29, 1.82) is 0 Å². The summed E-state index contributed by atoms with van der Waals surface area (Å²) in [6, 6.07) is 2.40. The van der Waals surface area contributed by atoms with Gasteiger partial charge in [0.15, 0.2) is 11.2 Å². The number of unbranched alkanes of at least 4 members (excludes halogenated alkanes) is 3. The van der Waals surface area contributed by atoms with Crippen LogP contribution >= 0.6 is 45.3 Å². The third-order valence-electron chi connectivity index (χ3n) is 18.7. The molecule has 2 heterocycles. The molecule has 6 aliphatic rings. The molecular weight excluding hydrogens is 1380 g/mol. The van der Waals surface area contributed by atoms with E-state index in [1.54, 1.807) is 72.0 Å². The van der Waals surface area contributed by atoms with Gasteiger partial charge in [-0.15, -0.1) is 11.3 Å². The number of primary amides is 2. The van der Waals surface area contributed by atoms with Gasteiger partial charge in [0.05, 0.1) is 31.4 Å². The number of thiazole rings is 2. The van der Waals surface area contributed by atoms with Gasteiger partial charge in [0.25, 0.3) is 11.8 Å². The monoisotopic (exact) mass is 1470 g/mol. The minimum atomic E-state index is -2.57. The smallest absolute Gasteiger partial charge is 0.252 e. The minimum Gasteiger partial charge on any atom is -0.507 e. The number of amides is 2. The van der Waals surface area contributed by atoms with Gasteiger partial charge in [-0.3, -0.25) is 28.8 Å². The van der Waals surface area contributed by atoms with E-state index in [4.69, 9.17) is 16.5 Å². The molecule has 0 saturated heterocycles. The number of fused-ring (bicyclic) bond motifs is 6. The molecule has 2 aromatic carbocycles. The fourth-order valence-electron chi connectivity index (χ4n) is 14.2. The second-order valence-corrected chi connectivity index (χ2v) is 41.9. The summed E-state index contributed by atoms with van der Waals surface area (Å²) in [6.07, 6.45) is 15.9. The number of hydrogen-bond acceptors (Lipinski definition) is 20. The average molecular weight is 1470 g/mol. The molecule has 474 valence electrons. The predicted octanol–water partition coefficient (Wildman–Crippen LogP) is 7.22. The number of phenolic OH excluding ortho intramolecular Hbond substituents is 2. The van der Waals surface area contributed by atoms with Crippen molar-refractivity contribution in [3.05, 3.63) is 95.6 Å². The SMILES string of the molecule is CCC[CH2][Sn]([CH2]CCC)([CH2]CCC)[c]1nccs1.CN(C)c1cc(-c2nccs2)c(O)c2c1CC1CC3[C@H](N(C)C)C=C(C(N)=O)C(=O)[C@@]3(O)C(=O)C1=C2O.CN(C)c1cc(I)c(O)c2c1CC1CC3[C@H](N(C)C)C=C(C(N)=O)C(=O)[C@@]3(O)C(=O)C1=C2O.